The molecule has 0 nitrogen and oxygen atoms in total. The second kappa shape index (κ2) is 7.03. The van der Waals surface area contributed by atoms with Gasteiger partial charge in [0.25, 0.3) is 0 Å². The van der Waals surface area contributed by atoms with Crippen molar-refractivity contribution in [3.8, 4) is 0 Å². The molecule has 3 rings (SSSR count). The van der Waals surface area contributed by atoms with E-state index in [4.69, 9.17) is 0 Å². The second-order valence-electron chi connectivity index (χ2n) is 7.12. The van der Waals surface area contributed by atoms with Crippen molar-refractivity contribution in [2.24, 2.45) is 5.41 Å². The van der Waals surface area contributed by atoms with Crippen molar-refractivity contribution in [3.05, 3.63) is 61.5 Å². The van der Waals surface area contributed by atoms with Gasteiger partial charge in [0.1, 0.15) is 0 Å². The van der Waals surface area contributed by atoms with Crippen molar-refractivity contribution in [1.29, 1.82) is 0 Å². The van der Waals surface area contributed by atoms with Crippen LogP contribution >= 0.6 is 24.8 Å². The molecule has 0 aliphatic heterocycles. The third kappa shape index (κ3) is 3.22. The Morgan fingerprint density at radius 3 is 2.04 bits per heavy atom. The molecule has 3 heteroatoms. The maximum absolute atomic E-state index is 2.48. The molecule has 2 aliphatic carbocycles. The maximum atomic E-state index is 2.48. The molecule has 0 spiro atoms. The van der Waals surface area contributed by atoms with Crippen LogP contribution in [0.15, 0.2) is 50.3 Å². The first kappa shape index (κ1) is 20.9. The summed E-state index contributed by atoms with van der Waals surface area (Å²) in [5.74, 6) is 0. The molecule has 1 aromatic carbocycles. The summed E-state index contributed by atoms with van der Waals surface area (Å²) < 4.78 is 2.09. The second-order valence-corrected chi connectivity index (χ2v) is 11.5. The number of allylic oxidation sites excluding steroid dienone is 5. The Bertz CT molecular complexity index is 710. The first-order valence-corrected chi connectivity index (χ1v) is 10.2. The van der Waals surface area contributed by atoms with Gasteiger partial charge in [-0.2, -0.15) is 0 Å². The Balaban J connectivity index is 0.00000132. The Morgan fingerprint density at radius 2 is 1.48 bits per heavy atom. The molecule has 0 N–H and O–H groups in total. The number of hydrogen-bond donors (Lipinski definition) is 0. The fraction of sp³-hybridized carbons (Fsp3) is 0.400. The largest absolute Gasteiger partial charge is 0.147 e. The molecular weight excluding hydrogens is 402 g/mol. The third-order valence-corrected chi connectivity index (χ3v) is 11.0. The van der Waals surface area contributed by atoms with Gasteiger partial charge in [-0.1, -0.05) is 0 Å². The molecule has 0 bridgehead atoms. The van der Waals surface area contributed by atoms with Gasteiger partial charge in [0.05, 0.1) is 0 Å². The van der Waals surface area contributed by atoms with Crippen molar-refractivity contribution in [2.75, 3.05) is 0 Å². The van der Waals surface area contributed by atoms with Crippen molar-refractivity contribution < 1.29 is 23.2 Å². The molecule has 124 valence electrons. The van der Waals surface area contributed by atoms with E-state index in [0.717, 1.165) is 0 Å². The normalized spacial score (nSPS) is 24.3. The molecule has 1 unspecified atom stereocenters. The fourth-order valence-corrected chi connectivity index (χ4v) is 8.40. The molecule has 0 amide bonds. The molecule has 0 fully saturated rings. The zero-order valence-corrected chi connectivity index (χ0v) is 18.9. The average Bonchev–Trinajstić information content (AvgIpc) is 2.86. The van der Waals surface area contributed by atoms with E-state index in [2.05, 4.69) is 78.0 Å². The predicted octanol–water partition coefficient (Wildman–Crippen LogP) is 6.50. The Hall–Kier alpha value is -0.0969. The summed E-state index contributed by atoms with van der Waals surface area (Å²) in [4.78, 5) is 0. The molecule has 0 radical (unpaired) electrons. The zero-order valence-electron chi connectivity index (χ0n) is 14.8. The molecule has 1 atom stereocenters. The minimum absolute atomic E-state index is 0. The van der Waals surface area contributed by atoms with Crippen molar-refractivity contribution in [3.63, 3.8) is 0 Å². The standard InChI is InChI=1S/C10H9.C10H15.2ClH.Zr/c1-8-6-7-9-4-2-3-5-10(8)9;1-7-6-10(4,5)9(3)8(7)2;;;/h2-7H,1H3;1-5H3;2*1H;. The van der Waals surface area contributed by atoms with Gasteiger partial charge in [-0.15, -0.1) is 24.8 Å². The summed E-state index contributed by atoms with van der Waals surface area (Å²) in [5, 5.41) is 0. The molecule has 0 saturated carbocycles. The van der Waals surface area contributed by atoms with Crippen LogP contribution in [-0.4, -0.2) is 0 Å². The molecular formula is C20H26Cl2Zr. The number of halogens is 2. The van der Waals surface area contributed by atoms with Crippen LogP contribution in [0.1, 0.15) is 52.7 Å². The van der Waals surface area contributed by atoms with Gasteiger partial charge in [-0.05, 0) is 0 Å². The maximum Gasteiger partial charge on any atom is -0.147 e. The summed E-state index contributed by atoms with van der Waals surface area (Å²) >= 11 is -0.746. The van der Waals surface area contributed by atoms with Gasteiger partial charge in [0.2, 0.25) is 0 Å². The van der Waals surface area contributed by atoms with Crippen LogP contribution in [0.5, 0.6) is 0 Å². The van der Waals surface area contributed by atoms with Crippen LogP contribution in [0, 0.1) is 5.41 Å². The summed E-state index contributed by atoms with van der Waals surface area (Å²) in [5.41, 5.74) is 7.95. The predicted molar refractivity (Wildman–Crippen MR) is 102 cm³/mol. The molecule has 1 aromatic rings. The number of hydrogen-bond acceptors (Lipinski definition) is 0. The van der Waals surface area contributed by atoms with Gasteiger partial charge in [-0.25, -0.2) is 0 Å². The monoisotopic (exact) mass is 426 g/mol. The third-order valence-electron chi connectivity index (χ3n) is 5.56. The smallest absolute Gasteiger partial charge is 0.147 e. The van der Waals surface area contributed by atoms with Crippen LogP contribution in [0.2, 0.25) is 0 Å². The minimum Gasteiger partial charge on any atom is -0.147 e. The van der Waals surface area contributed by atoms with Gasteiger partial charge in [0.15, 0.2) is 0 Å². The van der Waals surface area contributed by atoms with Gasteiger partial charge < -0.3 is 0 Å². The summed E-state index contributed by atoms with van der Waals surface area (Å²) in [6.45, 7) is 14.3. The Kier molecular flexibility index (Phi) is 6.40. The Labute approximate surface area is 164 Å². The number of rotatable bonds is 2. The number of fused-ring (bicyclic) bond motifs is 1. The van der Waals surface area contributed by atoms with E-state index in [1.54, 1.807) is 20.0 Å². The van der Waals surface area contributed by atoms with E-state index in [1.165, 1.54) is 11.1 Å². The van der Waals surface area contributed by atoms with Crippen LogP contribution in [0.4, 0.5) is 0 Å². The minimum atomic E-state index is -0.746. The van der Waals surface area contributed by atoms with Gasteiger partial charge >= 0.3 is 141 Å². The summed E-state index contributed by atoms with van der Waals surface area (Å²) in [6.07, 6.45) is 4.81. The molecule has 0 saturated heterocycles. The van der Waals surface area contributed by atoms with E-state index in [-0.39, 0.29) is 30.2 Å². The van der Waals surface area contributed by atoms with Crippen molar-refractivity contribution in [1.82, 2.24) is 0 Å². The van der Waals surface area contributed by atoms with Gasteiger partial charge in [-0.3, -0.25) is 0 Å². The quantitative estimate of drug-likeness (QED) is 0.504. The first-order chi connectivity index (χ1) is 9.77. The summed E-state index contributed by atoms with van der Waals surface area (Å²) in [6, 6.07) is 8.94. The average molecular weight is 429 g/mol. The van der Waals surface area contributed by atoms with Crippen molar-refractivity contribution >= 4 is 30.9 Å². The van der Waals surface area contributed by atoms with Crippen LogP contribution in [0.3, 0.4) is 0 Å². The SMILES string of the molecule is CC1=C(C)C(C)(C)[C]([Zr][C]2(C)C=Cc3ccccc32)=C1C.Cl.Cl. The topological polar surface area (TPSA) is 0 Å². The van der Waals surface area contributed by atoms with Crippen LogP contribution in [0.25, 0.3) is 6.08 Å². The van der Waals surface area contributed by atoms with Crippen LogP contribution < -0.4 is 0 Å². The van der Waals surface area contributed by atoms with Gasteiger partial charge in [0, 0.05) is 0 Å². The first-order valence-electron chi connectivity index (χ1n) is 7.74. The van der Waals surface area contributed by atoms with E-state index in [0.29, 0.717) is 3.12 Å². The van der Waals surface area contributed by atoms with E-state index in [9.17, 15) is 0 Å². The molecule has 2 aliphatic rings. The van der Waals surface area contributed by atoms with E-state index < -0.39 is 23.2 Å². The van der Waals surface area contributed by atoms with Crippen LogP contribution in [-0.2, 0) is 26.4 Å². The van der Waals surface area contributed by atoms with E-state index >= 15 is 0 Å². The van der Waals surface area contributed by atoms with Crippen molar-refractivity contribution in [2.45, 2.75) is 44.7 Å². The molecule has 0 heterocycles. The molecule has 0 aromatic heterocycles. The van der Waals surface area contributed by atoms with E-state index in [1.807, 2.05) is 0 Å². The fourth-order valence-electron chi connectivity index (χ4n) is 3.67. The Morgan fingerprint density at radius 1 is 0.870 bits per heavy atom. The summed E-state index contributed by atoms with van der Waals surface area (Å²) in [7, 11) is 0. The zero-order chi connectivity index (χ0) is 15.4. The molecule has 23 heavy (non-hydrogen) atoms. The number of benzene rings is 1.